The Bertz CT molecular complexity index is 463. The number of nitrogens with one attached hydrogen (secondary N) is 1. The normalized spacial score (nSPS) is 18.3. The standard InChI is InChI=1S/C11H10N2O2/c12-6-7-5-10(14)8-3-1-2-4-9(8)13-11(7)15/h1-4,6H,5,12H2,(H,13,15). The molecule has 1 aliphatic rings. The van der Waals surface area contributed by atoms with Gasteiger partial charge in [-0.25, -0.2) is 0 Å². The highest BCUT2D eigenvalue weighted by atomic mass is 16.2. The molecule has 76 valence electrons. The zero-order valence-corrected chi connectivity index (χ0v) is 7.99. The molecule has 1 heterocycles. The van der Waals surface area contributed by atoms with Crippen molar-refractivity contribution in [3.05, 3.63) is 41.6 Å². The molecule has 0 unspecified atom stereocenters. The van der Waals surface area contributed by atoms with Crippen LogP contribution in [0.25, 0.3) is 0 Å². The Balaban J connectivity index is 2.51. The highest BCUT2D eigenvalue weighted by Crippen LogP contribution is 2.23. The van der Waals surface area contributed by atoms with E-state index in [0.29, 0.717) is 16.8 Å². The Morgan fingerprint density at radius 3 is 2.73 bits per heavy atom. The zero-order chi connectivity index (χ0) is 10.8. The van der Waals surface area contributed by atoms with Gasteiger partial charge >= 0.3 is 0 Å². The summed E-state index contributed by atoms with van der Waals surface area (Å²) in [5.74, 6) is -0.406. The molecule has 0 bridgehead atoms. The van der Waals surface area contributed by atoms with Gasteiger partial charge in [-0.3, -0.25) is 9.59 Å². The molecule has 15 heavy (non-hydrogen) atoms. The fourth-order valence-electron chi connectivity index (χ4n) is 1.52. The number of rotatable bonds is 0. The van der Waals surface area contributed by atoms with E-state index in [2.05, 4.69) is 5.32 Å². The van der Waals surface area contributed by atoms with Gasteiger partial charge in [-0.2, -0.15) is 0 Å². The fraction of sp³-hybridized carbons (Fsp3) is 0.0909. The molecule has 0 aromatic heterocycles. The first-order valence-electron chi connectivity index (χ1n) is 4.56. The van der Waals surface area contributed by atoms with E-state index in [1.165, 1.54) is 6.20 Å². The molecular weight excluding hydrogens is 192 g/mol. The minimum atomic E-state index is -0.309. The predicted molar refractivity (Wildman–Crippen MR) is 56.3 cm³/mol. The van der Waals surface area contributed by atoms with Crippen molar-refractivity contribution < 1.29 is 9.59 Å². The quantitative estimate of drug-likeness (QED) is 0.618. The predicted octanol–water partition coefficient (Wildman–Crippen LogP) is 1.05. The van der Waals surface area contributed by atoms with E-state index in [0.717, 1.165) is 0 Å². The van der Waals surface area contributed by atoms with E-state index >= 15 is 0 Å². The fourth-order valence-corrected chi connectivity index (χ4v) is 1.52. The third kappa shape index (κ3) is 1.61. The molecular formula is C11H10N2O2. The maximum atomic E-state index is 11.7. The maximum Gasteiger partial charge on any atom is 0.253 e. The largest absolute Gasteiger partial charge is 0.404 e. The van der Waals surface area contributed by atoms with E-state index in [-0.39, 0.29) is 18.1 Å². The van der Waals surface area contributed by atoms with Crippen molar-refractivity contribution >= 4 is 17.4 Å². The van der Waals surface area contributed by atoms with E-state index in [1.54, 1.807) is 24.3 Å². The molecule has 2 rings (SSSR count). The first-order valence-corrected chi connectivity index (χ1v) is 4.56. The van der Waals surface area contributed by atoms with E-state index in [9.17, 15) is 9.59 Å². The number of carbonyl (C=O) groups excluding carboxylic acids is 2. The van der Waals surface area contributed by atoms with Crippen LogP contribution in [0, 0.1) is 0 Å². The van der Waals surface area contributed by atoms with Crippen LogP contribution in [0.2, 0.25) is 0 Å². The molecule has 0 saturated carbocycles. The van der Waals surface area contributed by atoms with Crippen molar-refractivity contribution in [3.63, 3.8) is 0 Å². The molecule has 0 atom stereocenters. The minimum Gasteiger partial charge on any atom is -0.404 e. The Hall–Kier alpha value is -2.10. The summed E-state index contributed by atoms with van der Waals surface area (Å²) in [7, 11) is 0. The van der Waals surface area contributed by atoms with Crippen molar-refractivity contribution in [2.75, 3.05) is 5.32 Å². The third-order valence-corrected chi connectivity index (χ3v) is 2.32. The lowest BCUT2D eigenvalue weighted by molar-refractivity contribution is -0.112. The molecule has 3 N–H and O–H groups in total. The van der Waals surface area contributed by atoms with Gasteiger partial charge in [-0.1, -0.05) is 12.1 Å². The summed E-state index contributed by atoms with van der Waals surface area (Å²) in [4.78, 5) is 23.3. The van der Waals surface area contributed by atoms with Crippen LogP contribution in [0.3, 0.4) is 0 Å². The van der Waals surface area contributed by atoms with Gasteiger partial charge in [0.05, 0.1) is 5.69 Å². The van der Waals surface area contributed by atoms with Gasteiger partial charge in [0, 0.05) is 23.8 Å². The van der Waals surface area contributed by atoms with Crippen LogP contribution in [0.15, 0.2) is 36.0 Å². The summed E-state index contributed by atoms with van der Waals surface area (Å²) in [5, 5.41) is 2.65. The number of fused-ring (bicyclic) bond motifs is 1. The van der Waals surface area contributed by atoms with Crippen molar-refractivity contribution in [1.82, 2.24) is 0 Å². The summed E-state index contributed by atoms with van der Waals surface area (Å²) >= 11 is 0. The highest BCUT2D eigenvalue weighted by molar-refractivity contribution is 6.16. The molecule has 1 aromatic carbocycles. The van der Waals surface area contributed by atoms with E-state index < -0.39 is 0 Å². The summed E-state index contributed by atoms with van der Waals surface area (Å²) in [6, 6.07) is 6.92. The van der Waals surface area contributed by atoms with Crippen LogP contribution >= 0.6 is 0 Å². The molecule has 4 nitrogen and oxygen atoms in total. The maximum absolute atomic E-state index is 11.7. The second-order valence-electron chi connectivity index (χ2n) is 3.29. The average Bonchev–Trinajstić information content (AvgIpc) is 2.37. The molecule has 0 fully saturated rings. The van der Waals surface area contributed by atoms with Gasteiger partial charge in [0.1, 0.15) is 0 Å². The Kier molecular flexibility index (Phi) is 2.25. The van der Waals surface area contributed by atoms with Gasteiger partial charge in [0.2, 0.25) is 0 Å². The lowest BCUT2D eigenvalue weighted by atomic mass is 10.0. The lowest BCUT2D eigenvalue weighted by Crippen LogP contribution is -2.13. The number of benzene rings is 1. The first kappa shape index (κ1) is 9.45. The molecule has 0 aliphatic carbocycles. The van der Waals surface area contributed by atoms with Crippen molar-refractivity contribution in [1.29, 1.82) is 0 Å². The molecule has 0 spiro atoms. The van der Waals surface area contributed by atoms with Crippen LogP contribution in [0.4, 0.5) is 5.69 Å². The monoisotopic (exact) mass is 202 g/mol. The van der Waals surface area contributed by atoms with Crippen LogP contribution in [0.1, 0.15) is 16.8 Å². The van der Waals surface area contributed by atoms with Crippen LogP contribution in [-0.2, 0) is 4.79 Å². The molecule has 4 heteroatoms. The van der Waals surface area contributed by atoms with Gasteiger partial charge in [-0.05, 0) is 12.1 Å². The smallest absolute Gasteiger partial charge is 0.253 e. The van der Waals surface area contributed by atoms with Crippen LogP contribution < -0.4 is 11.1 Å². The SMILES string of the molecule is NC=C1CC(=O)c2ccccc2NC1=O. The number of hydrogen-bond donors (Lipinski definition) is 2. The summed E-state index contributed by atoms with van der Waals surface area (Å²) in [6.45, 7) is 0. The number of ketones is 1. The number of carbonyl (C=O) groups is 2. The minimum absolute atomic E-state index is 0.0549. The number of Topliss-reactive ketones (excluding diaryl/α,β-unsaturated/α-hetero) is 1. The summed E-state index contributed by atoms with van der Waals surface area (Å²) in [5.41, 5.74) is 6.66. The van der Waals surface area contributed by atoms with Crippen molar-refractivity contribution in [3.8, 4) is 0 Å². The third-order valence-electron chi connectivity index (χ3n) is 2.32. The first-order chi connectivity index (χ1) is 7.22. The Morgan fingerprint density at radius 2 is 2.00 bits per heavy atom. The van der Waals surface area contributed by atoms with Crippen molar-refractivity contribution in [2.45, 2.75) is 6.42 Å². The van der Waals surface area contributed by atoms with Gasteiger partial charge in [0.25, 0.3) is 5.91 Å². The topological polar surface area (TPSA) is 72.2 Å². The van der Waals surface area contributed by atoms with Gasteiger partial charge in [-0.15, -0.1) is 0 Å². The van der Waals surface area contributed by atoms with Crippen LogP contribution in [-0.4, -0.2) is 11.7 Å². The van der Waals surface area contributed by atoms with E-state index in [4.69, 9.17) is 5.73 Å². The average molecular weight is 202 g/mol. The zero-order valence-electron chi connectivity index (χ0n) is 7.99. The molecule has 1 amide bonds. The Labute approximate surface area is 86.8 Å². The molecule has 0 saturated heterocycles. The second kappa shape index (κ2) is 3.57. The molecule has 1 aromatic rings. The number of nitrogens with two attached hydrogens (primary N) is 1. The summed E-state index contributed by atoms with van der Waals surface area (Å²) < 4.78 is 0. The Morgan fingerprint density at radius 1 is 1.27 bits per heavy atom. The lowest BCUT2D eigenvalue weighted by Gasteiger charge is -2.03. The van der Waals surface area contributed by atoms with Gasteiger partial charge < -0.3 is 11.1 Å². The molecule has 0 radical (unpaired) electrons. The number of para-hydroxylation sites is 1. The van der Waals surface area contributed by atoms with E-state index in [1.807, 2.05) is 0 Å². The summed E-state index contributed by atoms with van der Waals surface area (Å²) in [6.07, 6.45) is 1.23. The number of amides is 1. The number of hydrogen-bond acceptors (Lipinski definition) is 3. The van der Waals surface area contributed by atoms with Crippen molar-refractivity contribution in [2.24, 2.45) is 5.73 Å². The second-order valence-corrected chi connectivity index (χ2v) is 3.29. The number of anilines is 1. The van der Waals surface area contributed by atoms with Gasteiger partial charge in [0.15, 0.2) is 5.78 Å². The highest BCUT2D eigenvalue weighted by Gasteiger charge is 2.22. The molecule has 1 aliphatic heterocycles. The van der Waals surface area contributed by atoms with Crippen LogP contribution in [0.5, 0.6) is 0 Å².